The van der Waals surface area contributed by atoms with Crippen LogP contribution < -0.4 is 10.1 Å². The smallest absolute Gasteiger partial charge is 0.265 e. The van der Waals surface area contributed by atoms with Gasteiger partial charge in [-0.3, -0.25) is 4.79 Å². The predicted molar refractivity (Wildman–Crippen MR) is 76.2 cm³/mol. The third-order valence-electron chi connectivity index (χ3n) is 2.96. The second-order valence-electron chi connectivity index (χ2n) is 4.79. The number of anilines is 1. The van der Waals surface area contributed by atoms with Crippen molar-refractivity contribution in [2.45, 2.75) is 20.0 Å². The van der Waals surface area contributed by atoms with Crippen LogP contribution in [0.1, 0.15) is 12.5 Å². The lowest BCUT2D eigenvalue weighted by Crippen LogP contribution is -2.30. The molecule has 0 fully saturated rings. The fourth-order valence-corrected chi connectivity index (χ4v) is 1.80. The van der Waals surface area contributed by atoms with Crippen LogP contribution >= 0.6 is 0 Å². The highest BCUT2D eigenvalue weighted by Gasteiger charge is 2.19. The molecule has 3 nitrogen and oxygen atoms in total. The molecule has 0 aliphatic carbocycles. The molecule has 0 aliphatic heterocycles. The first-order valence-corrected chi connectivity index (χ1v) is 6.56. The molecule has 22 heavy (non-hydrogen) atoms. The Morgan fingerprint density at radius 2 is 1.86 bits per heavy atom. The largest absolute Gasteiger partial charge is 0.481 e. The Kier molecular flexibility index (Phi) is 4.70. The van der Waals surface area contributed by atoms with E-state index in [4.69, 9.17) is 4.74 Å². The number of aryl methyl sites for hydroxylation is 1. The molecule has 2 aromatic carbocycles. The van der Waals surface area contributed by atoms with E-state index in [1.165, 1.54) is 6.92 Å². The number of carbonyl (C=O) groups excluding carboxylic acids is 1. The van der Waals surface area contributed by atoms with Gasteiger partial charge in [-0.25, -0.2) is 13.2 Å². The first-order valence-electron chi connectivity index (χ1n) is 6.56. The fourth-order valence-electron chi connectivity index (χ4n) is 1.80. The highest BCUT2D eigenvalue weighted by Crippen LogP contribution is 2.20. The summed E-state index contributed by atoms with van der Waals surface area (Å²) in [6, 6.07) is 8.74. The fraction of sp³-hybridized carbons (Fsp3) is 0.188. The number of hydrogen-bond acceptors (Lipinski definition) is 2. The lowest BCUT2D eigenvalue weighted by Gasteiger charge is -2.15. The van der Waals surface area contributed by atoms with Gasteiger partial charge in [-0.2, -0.15) is 0 Å². The average Bonchev–Trinajstić information content (AvgIpc) is 2.47. The van der Waals surface area contributed by atoms with Crippen LogP contribution in [-0.4, -0.2) is 12.0 Å². The van der Waals surface area contributed by atoms with E-state index < -0.39 is 35.2 Å². The molecule has 0 saturated heterocycles. The molecule has 116 valence electrons. The van der Waals surface area contributed by atoms with Crippen LogP contribution in [0.3, 0.4) is 0 Å². The first-order chi connectivity index (χ1) is 10.4. The molecule has 0 unspecified atom stereocenters. The van der Waals surface area contributed by atoms with E-state index >= 15 is 0 Å². The van der Waals surface area contributed by atoms with Gasteiger partial charge >= 0.3 is 0 Å². The highest BCUT2D eigenvalue weighted by atomic mass is 19.2. The van der Waals surface area contributed by atoms with Crippen LogP contribution in [0.15, 0.2) is 36.4 Å². The molecule has 0 aromatic heterocycles. The number of carbonyl (C=O) groups is 1. The Bertz CT molecular complexity index is 704. The minimum Gasteiger partial charge on any atom is -0.481 e. The summed E-state index contributed by atoms with van der Waals surface area (Å²) in [4.78, 5) is 11.9. The molecular weight excluding hydrogens is 295 g/mol. The van der Waals surface area contributed by atoms with Crippen molar-refractivity contribution in [1.29, 1.82) is 0 Å². The summed E-state index contributed by atoms with van der Waals surface area (Å²) in [5, 5.41) is 2.17. The average molecular weight is 309 g/mol. The van der Waals surface area contributed by atoms with Crippen LogP contribution in [0.5, 0.6) is 5.75 Å². The summed E-state index contributed by atoms with van der Waals surface area (Å²) < 4.78 is 44.8. The Morgan fingerprint density at radius 1 is 1.14 bits per heavy atom. The molecular formula is C16H14F3NO2. The van der Waals surface area contributed by atoms with E-state index in [-0.39, 0.29) is 0 Å². The van der Waals surface area contributed by atoms with Gasteiger partial charge in [0.15, 0.2) is 23.6 Å². The molecule has 2 rings (SSSR count). The van der Waals surface area contributed by atoms with Crippen molar-refractivity contribution >= 4 is 11.6 Å². The summed E-state index contributed by atoms with van der Waals surface area (Å²) in [5.74, 6) is -4.60. The van der Waals surface area contributed by atoms with Crippen molar-refractivity contribution in [3.05, 3.63) is 59.4 Å². The standard InChI is InChI=1S/C16H14F3NO2/c1-9-4-3-5-11(8-9)22-10(2)16(21)20-13-7-6-12(17)14(18)15(13)19/h3-8,10H,1-2H3,(H,20,21)/t10-/m0/s1. The monoisotopic (exact) mass is 309 g/mol. The van der Waals surface area contributed by atoms with E-state index in [9.17, 15) is 18.0 Å². The Hall–Kier alpha value is -2.50. The molecule has 0 aliphatic rings. The topological polar surface area (TPSA) is 38.3 Å². The number of rotatable bonds is 4. The predicted octanol–water partition coefficient (Wildman–Crippen LogP) is 3.82. The Labute approximate surface area is 125 Å². The van der Waals surface area contributed by atoms with E-state index in [0.717, 1.165) is 17.7 Å². The number of amides is 1. The molecule has 0 bridgehead atoms. The second-order valence-corrected chi connectivity index (χ2v) is 4.79. The van der Waals surface area contributed by atoms with Crippen molar-refractivity contribution in [3.63, 3.8) is 0 Å². The quantitative estimate of drug-likeness (QED) is 0.872. The van der Waals surface area contributed by atoms with Crippen LogP contribution in [0.2, 0.25) is 0 Å². The third-order valence-corrected chi connectivity index (χ3v) is 2.96. The molecule has 0 spiro atoms. The molecule has 6 heteroatoms. The summed E-state index contributed by atoms with van der Waals surface area (Å²) >= 11 is 0. The number of ether oxygens (including phenoxy) is 1. The number of benzene rings is 2. The van der Waals surface area contributed by atoms with Gasteiger partial charge in [0.2, 0.25) is 0 Å². The summed E-state index contributed by atoms with van der Waals surface area (Å²) in [6.07, 6.45) is -0.936. The van der Waals surface area contributed by atoms with Gasteiger partial charge < -0.3 is 10.1 Å². The van der Waals surface area contributed by atoms with Crippen molar-refractivity contribution in [1.82, 2.24) is 0 Å². The van der Waals surface area contributed by atoms with Gasteiger partial charge in [0.1, 0.15) is 5.75 Å². The molecule has 2 aromatic rings. The third kappa shape index (κ3) is 3.58. The molecule has 1 N–H and O–H groups in total. The lowest BCUT2D eigenvalue weighted by atomic mass is 10.2. The van der Waals surface area contributed by atoms with Crippen molar-refractivity contribution in [3.8, 4) is 5.75 Å². The number of nitrogens with one attached hydrogen (secondary N) is 1. The maximum Gasteiger partial charge on any atom is 0.265 e. The highest BCUT2D eigenvalue weighted by molar-refractivity contribution is 5.94. The lowest BCUT2D eigenvalue weighted by molar-refractivity contribution is -0.122. The molecule has 0 saturated carbocycles. The molecule has 0 heterocycles. The van der Waals surface area contributed by atoms with E-state index in [1.54, 1.807) is 18.2 Å². The zero-order valence-corrected chi connectivity index (χ0v) is 12.0. The van der Waals surface area contributed by atoms with Crippen LogP contribution in [-0.2, 0) is 4.79 Å². The summed E-state index contributed by atoms with van der Waals surface area (Å²) in [5.41, 5.74) is 0.514. The maximum atomic E-state index is 13.5. The minimum atomic E-state index is -1.63. The van der Waals surface area contributed by atoms with E-state index in [2.05, 4.69) is 5.32 Å². The Balaban J connectivity index is 2.07. The summed E-state index contributed by atoms with van der Waals surface area (Å²) in [7, 11) is 0. The van der Waals surface area contributed by atoms with E-state index in [0.29, 0.717) is 5.75 Å². The second kappa shape index (κ2) is 6.51. The van der Waals surface area contributed by atoms with Gasteiger partial charge in [-0.15, -0.1) is 0 Å². The summed E-state index contributed by atoms with van der Waals surface area (Å²) in [6.45, 7) is 3.34. The van der Waals surface area contributed by atoms with Crippen molar-refractivity contribution in [2.75, 3.05) is 5.32 Å². The molecule has 1 amide bonds. The van der Waals surface area contributed by atoms with Gasteiger partial charge in [0, 0.05) is 0 Å². The number of halogens is 3. The van der Waals surface area contributed by atoms with Crippen molar-refractivity contribution < 1.29 is 22.7 Å². The van der Waals surface area contributed by atoms with Crippen LogP contribution in [0.4, 0.5) is 18.9 Å². The molecule has 0 radical (unpaired) electrons. The zero-order chi connectivity index (χ0) is 16.3. The maximum absolute atomic E-state index is 13.5. The SMILES string of the molecule is Cc1cccc(O[C@@H](C)C(=O)Nc2ccc(F)c(F)c2F)c1. The minimum absolute atomic E-state index is 0.441. The van der Waals surface area contributed by atoms with Crippen molar-refractivity contribution in [2.24, 2.45) is 0 Å². The molecule has 1 atom stereocenters. The van der Waals surface area contributed by atoms with Crippen LogP contribution in [0, 0.1) is 24.4 Å². The van der Waals surface area contributed by atoms with Crippen LogP contribution in [0.25, 0.3) is 0 Å². The first kappa shape index (κ1) is 15.9. The Morgan fingerprint density at radius 3 is 2.55 bits per heavy atom. The van der Waals surface area contributed by atoms with Gasteiger partial charge in [-0.1, -0.05) is 12.1 Å². The normalized spacial score (nSPS) is 11.9. The van der Waals surface area contributed by atoms with E-state index in [1.807, 2.05) is 13.0 Å². The zero-order valence-electron chi connectivity index (χ0n) is 12.0. The number of hydrogen-bond donors (Lipinski definition) is 1. The van der Waals surface area contributed by atoms with Gasteiger partial charge in [-0.05, 0) is 43.7 Å². The van der Waals surface area contributed by atoms with Gasteiger partial charge in [0.25, 0.3) is 5.91 Å². The van der Waals surface area contributed by atoms with Gasteiger partial charge in [0.05, 0.1) is 5.69 Å².